The van der Waals surface area contributed by atoms with Crippen molar-refractivity contribution in [2.45, 2.75) is 17.5 Å². The van der Waals surface area contributed by atoms with E-state index in [2.05, 4.69) is 9.97 Å². The smallest absolute Gasteiger partial charge is 0.271 e. The second-order valence-electron chi connectivity index (χ2n) is 5.55. The Morgan fingerprint density at radius 3 is 2.96 bits per heavy atom. The van der Waals surface area contributed by atoms with E-state index in [1.165, 1.54) is 29.2 Å². The van der Waals surface area contributed by atoms with Gasteiger partial charge in [-0.05, 0) is 36.5 Å². The number of aromatic amines is 1. The summed E-state index contributed by atoms with van der Waals surface area (Å²) < 4.78 is 22.0. The van der Waals surface area contributed by atoms with Crippen LogP contribution in [-0.2, 0) is 12.3 Å². The number of halogens is 2. The van der Waals surface area contributed by atoms with Crippen LogP contribution >= 0.6 is 46.9 Å². The van der Waals surface area contributed by atoms with Crippen molar-refractivity contribution in [3.63, 3.8) is 0 Å². The Kier molecular flexibility index (Phi) is 5.18. The number of fused-ring (bicyclic) bond motifs is 1. The molecule has 0 aliphatic rings. The van der Waals surface area contributed by atoms with E-state index < -0.39 is 5.82 Å². The molecule has 5 nitrogen and oxygen atoms in total. The summed E-state index contributed by atoms with van der Waals surface area (Å²) >= 11 is 13.8. The molecule has 0 amide bonds. The molecule has 0 aliphatic carbocycles. The number of hydrogen-bond acceptors (Lipinski definition) is 6. The number of rotatable bonds is 5. The molecule has 0 radical (unpaired) electrons. The van der Waals surface area contributed by atoms with Crippen molar-refractivity contribution < 1.29 is 8.81 Å². The first-order valence-corrected chi connectivity index (χ1v) is 10.3. The van der Waals surface area contributed by atoms with E-state index in [1.807, 2.05) is 6.07 Å². The molecule has 0 aliphatic heterocycles. The second kappa shape index (κ2) is 7.59. The minimum Gasteiger partial charge on any atom is -0.467 e. The van der Waals surface area contributed by atoms with Gasteiger partial charge in [0.15, 0.2) is 14.8 Å². The lowest BCUT2D eigenvalue weighted by Gasteiger charge is -2.06. The fourth-order valence-electron chi connectivity index (χ4n) is 2.51. The van der Waals surface area contributed by atoms with Gasteiger partial charge in [0.05, 0.1) is 12.8 Å². The minimum absolute atomic E-state index is 0.239. The number of benzene rings is 1. The van der Waals surface area contributed by atoms with Crippen LogP contribution in [0, 0.1) is 9.77 Å². The van der Waals surface area contributed by atoms with Crippen molar-refractivity contribution in [1.29, 1.82) is 0 Å². The zero-order valence-corrected chi connectivity index (χ0v) is 16.8. The SMILES string of the molecule is O=c1[nH]c(SCc2c(F)cccc2Cl)nc2c1sc(=S)n2Cc1ccco1. The molecule has 4 aromatic rings. The van der Waals surface area contributed by atoms with Crippen LogP contribution in [0.3, 0.4) is 0 Å². The number of thiazole rings is 1. The topological polar surface area (TPSA) is 63.8 Å². The Bertz CT molecular complexity index is 1210. The van der Waals surface area contributed by atoms with Crippen LogP contribution in [0.25, 0.3) is 10.3 Å². The standard InChI is InChI=1S/C17H11ClFN3O2S3/c18-11-4-1-5-12(19)10(11)8-26-16-20-14-13(15(23)21-16)27-17(25)22(14)7-9-3-2-6-24-9/h1-6H,7-8H2,(H,20,21,23). The predicted octanol–water partition coefficient (Wildman–Crippen LogP) is 5.24. The van der Waals surface area contributed by atoms with Gasteiger partial charge in [-0.1, -0.05) is 40.8 Å². The molecule has 0 bridgehead atoms. The van der Waals surface area contributed by atoms with Crippen LogP contribution in [0.4, 0.5) is 4.39 Å². The van der Waals surface area contributed by atoms with Gasteiger partial charge in [0, 0.05) is 16.3 Å². The summed E-state index contributed by atoms with van der Waals surface area (Å²) in [7, 11) is 0. The van der Waals surface area contributed by atoms with Crippen LogP contribution in [0.5, 0.6) is 0 Å². The van der Waals surface area contributed by atoms with E-state index in [1.54, 1.807) is 29.0 Å². The first kappa shape index (κ1) is 18.4. The number of H-pyrrole nitrogens is 1. The summed E-state index contributed by atoms with van der Waals surface area (Å²) in [5.74, 6) is 0.554. The average Bonchev–Trinajstić information content (AvgIpc) is 3.24. The molecule has 0 saturated heterocycles. The van der Waals surface area contributed by atoms with Gasteiger partial charge in [-0.2, -0.15) is 0 Å². The van der Waals surface area contributed by atoms with Gasteiger partial charge in [-0.3, -0.25) is 9.36 Å². The van der Waals surface area contributed by atoms with E-state index in [0.29, 0.717) is 42.3 Å². The van der Waals surface area contributed by atoms with Gasteiger partial charge < -0.3 is 9.40 Å². The van der Waals surface area contributed by atoms with Gasteiger partial charge in [-0.15, -0.1) is 0 Å². The molecule has 0 atom stereocenters. The van der Waals surface area contributed by atoms with Crippen molar-refractivity contribution in [3.8, 4) is 0 Å². The zero-order chi connectivity index (χ0) is 19.0. The van der Waals surface area contributed by atoms with Crippen molar-refractivity contribution in [2.75, 3.05) is 0 Å². The van der Waals surface area contributed by atoms with Crippen LogP contribution in [0.2, 0.25) is 5.02 Å². The van der Waals surface area contributed by atoms with Crippen molar-refractivity contribution >= 4 is 57.3 Å². The largest absolute Gasteiger partial charge is 0.467 e. The molecular weight excluding hydrogens is 429 g/mol. The highest BCUT2D eigenvalue weighted by molar-refractivity contribution is 7.98. The van der Waals surface area contributed by atoms with Crippen LogP contribution < -0.4 is 5.56 Å². The lowest BCUT2D eigenvalue weighted by atomic mass is 10.2. The highest BCUT2D eigenvalue weighted by Gasteiger charge is 2.15. The molecule has 0 fully saturated rings. The Labute approximate surface area is 170 Å². The molecular formula is C17H11ClFN3O2S3. The molecule has 138 valence electrons. The van der Waals surface area contributed by atoms with E-state index in [9.17, 15) is 9.18 Å². The third-order valence-electron chi connectivity index (χ3n) is 3.81. The third-order valence-corrected chi connectivity index (χ3v) is 6.50. The number of hydrogen-bond donors (Lipinski definition) is 1. The fraction of sp³-hybridized carbons (Fsp3) is 0.118. The monoisotopic (exact) mass is 439 g/mol. The molecule has 0 saturated carbocycles. The Balaban J connectivity index is 1.70. The predicted molar refractivity (Wildman–Crippen MR) is 108 cm³/mol. The quantitative estimate of drug-likeness (QED) is 0.261. The number of nitrogens with one attached hydrogen (secondary N) is 1. The third kappa shape index (κ3) is 3.73. The van der Waals surface area contributed by atoms with E-state index in [0.717, 1.165) is 0 Å². The normalized spacial score (nSPS) is 11.3. The molecule has 1 aromatic carbocycles. The molecule has 0 spiro atoms. The van der Waals surface area contributed by atoms with Gasteiger partial charge in [0.1, 0.15) is 16.3 Å². The summed E-state index contributed by atoms with van der Waals surface area (Å²) in [6.45, 7) is 0.380. The molecule has 4 rings (SSSR count). The van der Waals surface area contributed by atoms with Gasteiger partial charge >= 0.3 is 0 Å². The highest BCUT2D eigenvalue weighted by atomic mass is 35.5. The molecule has 10 heteroatoms. The first-order valence-electron chi connectivity index (χ1n) is 7.74. The summed E-state index contributed by atoms with van der Waals surface area (Å²) in [5.41, 5.74) is 0.563. The first-order chi connectivity index (χ1) is 13.0. The Morgan fingerprint density at radius 2 is 2.22 bits per heavy atom. The Morgan fingerprint density at radius 1 is 1.37 bits per heavy atom. The van der Waals surface area contributed by atoms with E-state index in [4.69, 9.17) is 28.2 Å². The van der Waals surface area contributed by atoms with Crippen LogP contribution in [-0.4, -0.2) is 14.5 Å². The molecule has 3 aromatic heterocycles. The molecule has 27 heavy (non-hydrogen) atoms. The lowest BCUT2D eigenvalue weighted by Crippen LogP contribution is -2.10. The number of thioether (sulfide) groups is 1. The van der Waals surface area contributed by atoms with Crippen LogP contribution in [0.15, 0.2) is 51.0 Å². The zero-order valence-electron chi connectivity index (χ0n) is 13.6. The number of furan rings is 1. The maximum absolute atomic E-state index is 13.9. The molecule has 3 heterocycles. The van der Waals surface area contributed by atoms with Gasteiger partial charge in [0.25, 0.3) is 5.56 Å². The van der Waals surface area contributed by atoms with Gasteiger partial charge in [0.2, 0.25) is 0 Å². The van der Waals surface area contributed by atoms with Crippen LogP contribution in [0.1, 0.15) is 11.3 Å². The summed E-state index contributed by atoms with van der Waals surface area (Å²) in [6, 6.07) is 8.13. The maximum Gasteiger partial charge on any atom is 0.271 e. The number of aromatic nitrogens is 3. The van der Waals surface area contributed by atoms with Crippen molar-refractivity contribution in [1.82, 2.24) is 14.5 Å². The lowest BCUT2D eigenvalue weighted by molar-refractivity contribution is 0.495. The molecule has 1 N–H and O–H groups in total. The summed E-state index contributed by atoms with van der Waals surface area (Å²) in [5, 5.41) is 0.704. The van der Waals surface area contributed by atoms with E-state index >= 15 is 0 Å². The van der Waals surface area contributed by atoms with E-state index in [-0.39, 0.29) is 11.3 Å². The molecule has 0 unspecified atom stereocenters. The summed E-state index contributed by atoms with van der Waals surface area (Å²) in [4.78, 5) is 19.7. The Hall–Kier alpha value is -1.94. The highest BCUT2D eigenvalue weighted by Crippen LogP contribution is 2.28. The van der Waals surface area contributed by atoms with Crippen molar-refractivity contribution in [3.05, 3.63) is 73.1 Å². The van der Waals surface area contributed by atoms with Gasteiger partial charge in [-0.25, -0.2) is 9.37 Å². The minimum atomic E-state index is -0.394. The average molecular weight is 440 g/mol. The number of nitrogens with zero attached hydrogens (tertiary/aromatic N) is 2. The summed E-state index contributed by atoms with van der Waals surface area (Å²) in [6.07, 6.45) is 1.58. The maximum atomic E-state index is 13.9. The van der Waals surface area contributed by atoms with Crippen molar-refractivity contribution in [2.24, 2.45) is 0 Å². The second-order valence-corrected chi connectivity index (χ2v) is 8.56. The fourth-order valence-corrected chi connectivity index (χ4v) is 4.94.